The van der Waals surface area contributed by atoms with Gasteiger partial charge in [0.05, 0.1) is 81.4 Å². The molecule has 12 nitrogen and oxygen atoms in total. The van der Waals surface area contributed by atoms with E-state index in [4.69, 9.17) is 32.7 Å². The molecule has 14 heteroatoms. The van der Waals surface area contributed by atoms with Gasteiger partial charge in [-0.05, 0) is 403 Å². The Bertz CT molecular complexity index is 8950. The maximum atomic E-state index is 11.0. The van der Waals surface area contributed by atoms with Crippen molar-refractivity contribution in [2.24, 2.45) is 0 Å². The molecule has 4 spiro atoms. The Balaban J connectivity index is 0.000000103. The molecule has 0 saturated heterocycles. The minimum Gasteiger partial charge on any atom is -0.508 e. The minimum absolute atomic E-state index is 0.150. The van der Waals surface area contributed by atoms with Crippen LogP contribution in [0.15, 0.2) is 400 Å². The molecule has 4 atom stereocenters. The van der Waals surface area contributed by atoms with Crippen LogP contribution in [0.25, 0.3) is 44.5 Å². The second kappa shape index (κ2) is 34.7. The Morgan fingerprint density at radius 2 is 0.399 bits per heavy atom. The van der Waals surface area contributed by atoms with Gasteiger partial charge in [-0.2, -0.15) is 0 Å². The van der Waals surface area contributed by atoms with Gasteiger partial charge in [0, 0.05) is 32.8 Å². The van der Waals surface area contributed by atoms with Crippen molar-refractivity contribution >= 4 is 91.5 Å². The number of rotatable bonds is 6. The van der Waals surface area contributed by atoms with Crippen LogP contribution in [0, 0.1) is 55.4 Å². The fraction of sp³-hybridized carbons (Fsp3) is 0.104. The molecule has 6 N–H and O–H groups in total. The highest BCUT2D eigenvalue weighted by molar-refractivity contribution is 6.31. The van der Waals surface area contributed by atoms with Gasteiger partial charge in [0.15, 0.2) is 23.0 Å². The van der Waals surface area contributed by atoms with E-state index in [1.54, 1.807) is 38.5 Å². The molecule has 4 aliphatic carbocycles. The number of phenols is 6. The summed E-state index contributed by atoms with van der Waals surface area (Å²) < 4.78 is 11.9. The number of hydrogen-bond acceptors (Lipinski definition) is 12. The van der Waals surface area contributed by atoms with Crippen LogP contribution in [0.3, 0.4) is 0 Å². The smallest absolute Gasteiger partial charge is 0.158 e. The van der Waals surface area contributed by atoms with Crippen LogP contribution >= 0.6 is 23.2 Å². The summed E-state index contributed by atoms with van der Waals surface area (Å²) in [5.41, 5.74) is 46.3. The fourth-order valence-electron chi connectivity index (χ4n) is 25.6. The predicted octanol–water partition coefficient (Wildman–Crippen LogP) is 33.4. The standard InChI is InChI=1S/C35H28ClNO.C35H29NO.C32H22ClNO3.C32H23NO3/c1-21-17-27-26-9-5-6-10-28(26)35(30(27)18-22(21)2)29-11-7-8-12-32(29)37(25-15-13-24(36)14-16-25)33-19-23(3)34(38-4)20-31(33)35;1-22-18-27-26-14-8-9-15-28(26)35(30(27)19-23(22)2)29-16-10-11-17-32(29)36(25-12-6-5-7-13-25)33-20-24(3)34(37-4)21-31(33)35;1-18-14-28-26(17-29(18)35)32(23-7-3-2-6-21(23)22-15-30(36)31(37)16-25(22)32)24-8-4-5-9-27(24)34(28)20-12-10-19(33)11-13-20;1-19-15-28-26(18-29(19)34)32(24-13-7-8-14-27(24)33(28)20-9-3-2-4-10-20)23-12-6-5-11-21(23)22-16-30(35)31(36)17-25(22)32/h5-20H,1-4H3;5-21H,1-4H3;2-17,35-37H,1H3;2-18,34-36H,1H3. The van der Waals surface area contributed by atoms with Crippen molar-refractivity contribution in [3.05, 3.63) is 544 Å². The Kier molecular flexibility index (Phi) is 21.5. The molecular weight excluding hydrogens is 1860 g/mol. The first-order valence-corrected chi connectivity index (χ1v) is 50.7. The molecular formula is C134H102Cl2N4O8. The Morgan fingerprint density at radius 1 is 0.176 bits per heavy atom. The van der Waals surface area contributed by atoms with Crippen molar-refractivity contribution in [3.63, 3.8) is 0 Å². The number of ether oxygens (including phenoxy) is 2. The summed E-state index contributed by atoms with van der Waals surface area (Å²) in [6.45, 7) is 16.9. The molecule has 720 valence electrons. The molecule has 20 aromatic rings. The zero-order chi connectivity index (χ0) is 102. The average molecular weight is 1970 g/mol. The third-order valence-corrected chi connectivity index (χ3v) is 32.7. The number of para-hydroxylation sites is 6. The van der Waals surface area contributed by atoms with E-state index in [1.165, 1.54) is 106 Å². The second-order valence-corrected chi connectivity index (χ2v) is 40.8. The lowest BCUT2D eigenvalue weighted by atomic mass is 9.64. The largest absolute Gasteiger partial charge is 0.508 e. The van der Waals surface area contributed by atoms with Crippen molar-refractivity contribution in [1.82, 2.24) is 0 Å². The molecule has 0 aromatic heterocycles. The fourth-order valence-corrected chi connectivity index (χ4v) is 25.8. The van der Waals surface area contributed by atoms with Crippen LogP contribution in [0.5, 0.6) is 46.0 Å². The topological polar surface area (TPSA) is 153 Å². The first kappa shape index (κ1) is 91.8. The lowest BCUT2D eigenvalue weighted by Gasteiger charge is -2.45. The number of halogens is 2. The van der Waals surface area contributed by atoms with Gasteiger partial charge in [-0.15, -0.1) is 0 Å². The quantitative estimate of drug-likeness (QED) is 0.0879. The number of fused-ring (bicyclic) bond motifs is 36. The van der Waals surface area contributed by atoms with Crippen molar-refractivity contribution in [2.45, 2.75) is 77.0 Å². The van der Waals surface area contributed by atoms with Gasteiger partial charge < -0.3 is 59.7 Å². The lowest BCUT2D eigenvalue weighted by molar-refractivity contribution is 0.403. The number of anilines is 12. The van der Waals surface area contributed by atoms with E-state index in [9.17, 15) is 30.6 Å². The number of phenolic OH excluding ortho intramolecular Hbond substituents is 6. The summed E-state index contributed by atoms with van der Waals surface area (Å²) >= 11 is 12.6. The first-order valence-electron chi connectivity index (χ1n) is 49.9. The number of methoxy groups -OCH3 is 2. The molecule has 0 saturated carbocycles. The number of benzene rings is 20. The highest BCUT2D eigenvalue weighted by Crippen LogP contribution is 2.71. The lowest BCUT2D eigenvalue weighted by Crippen LogP contribution is -2.36. The maximum absolute atomic E-state index is 11.0. The third-order valence-electron chi connectivity index (χ3n) is 32.2. The minimum atomic E-state index is -0.822. The molecule has 4 unspecified atom stereocenters. The SMILES string of the molecule is COc1cc2c(cc1C)N(c1ccc(Cl)cc1)c1ccccc1C21c2ccccc2-c2cc(C)c(C)cc21.COc1cc2c(cc1C)N(c1ccccc1)c1ccccc1C21c2ccccc2-c2cc(C)c(C)cc21.Cc1cc2c(cc1O)C1(c3ccccc3-c3cc(O)c(O)cc31)c1ccccc1N2c1ccc(Cl)cc1.Cc1cc2c(cc1O)C1(c3ccccc3-c3cc(O)c(O)cc31)c1ccccc1N2c1ccccc1. The summed E-state index contributed by atoms with van der Waals surface area (Å²) in [4.78, 5) is 9.23. The summed E-state index contributed by atoms with van der Waals surface area (Å²) in [6.07, 6.45) is 0. The van der Waals surface area contributed by atoms with E-state index >= 15 is 0 Å². The predicted molar refractivity (Wildman–Crippen MR) is 599 cm³/mol. The van der Waals surface area contributed by atoms with Crippen molar-refractivity contribution in [2.75, 3.05) is 33.8 Å². The van der Waals surface area contributed by atoms with Gasteiger partial charge in [0.25, 0.3) is 0 Å². The van der Waals surface area contributed by atoms with Crippen molar-refractivity contribution < 1.29 is 40.1 Å². The van der Waals surface area contributed by atoms with Gasteiger partial charge in [-0.3, -0.25) is 0 Å². The number of aromatic hydroxyl groups is 6. The van der Waals surface area contributed by atoms with E-state index in [0.29, 0.717) is 5.02 Å². The monoisotopic (exact) mass is 1960 g/mol. The first-order chi connectivity index (χ1) is 71.9. The molecule has 4 heterocycles. The maximum Gasteiger partial charge on any atom is 0.158 e. The van der Waals surface area contributed by atoms with Crippen LogP contribution in [-0.2, 0) is 21.7 Å². The highest BCUT2D eigenvalue weighted by atomic mass is 35.5. The summed E-state index contributed by atoms with van der Waals surface area (Å²) in [7, 11) is 3.54. The molecule has 28 rings (SSSR count). The highest BCUT2D eigenvalue weighted by Gasteiger charge is 2.58. The molecule has 0 fully saturated rings. The summed E-state index contributed by atoms with van der Waals surface area (Å²) in [5.74, 6) is 1.57. The summed E-state index contributed by atoms with van der Waals surface area (Å²) in [5, 5.41) is 65.7. The third kappa shape index (κ3) is 13.2. The van der Waals surface area contributed by atoms with Crippen LogP contribution in [-0.4, -0.2) is 44.9 Å². The van der Waals surface area contributed by atoms with Gasteiger partial charge in [0.2, 0.25) is 0 Å². The molecule has 0 amide bonds. The van der Waals surface area contributed by atoms with Crippen LogP contribution in [0.1, 0.15) is 134 Å². The summed E-state index contributed by atoms with van der Waals surface area (Å²) in [6, 6.07) is 138. The van der Waals surface area contributed by atoms with Crippen molar-refractivity contribution in [3.8, 4) is 90.5 Å². The van der Waals surface area contributed by atoms with E-state index in [1.807, 2.05) is 147 Å². The van der Waals surface area contributed by atoms with E-state index in [0.717, 1.165) is 157 Å². The molecule has 148 heavy (non-hydrogen) atoms. The zero-order valence-corrected chi connectivity index (χ0v) is 84.7. The molecule has 20 aromatic carbocycles. The van der Waals surface area contributed by atoms with E-state index in [2.05, 4.69) is 304 Å². The van der Waals surface area contributed by atoms with E-state index < -0.39 is 21.7 Å². The van der Waals surface area contributed by atoms with Gasteiger partial charge in [-0.1, -0.05) is 254 Å². The molecule has 0 radical (unpaired) electrons. The number of nitrogens with zero attached hydrogens (tertiary/aromatic N) is 4. The van der Waals surface area contributed by atoms with Crippen LogP contribution in [0.2, 0.25) is 10.0 Å². The zero-order valence-electron chi connectivity index (χ0n) is 83.1. The average Bonchev–Trinajstić information content (AvgIpc) is 1.61. The van der Waals surface area contributed by atoms with Gasteiger partial charge >= 0.3 is 0 Å². The van der Waals surface area contributed by atoms with Crippen LogP contribution in [0.4, 0.5) is 68.2 Å². The molecule has 8 aliphatic rings. The molecule has 4 aliphatic heterocycles. The van der Waals surface area contributed by atoms with Crippen LogP contribution < -0.4 is 29.1 Å². The van der Waals surface area contributed by atoms with Gasteiger partial charge in [-0.25, -0.2) is 0 Å². The van der Waals surface area contributed by atoms with Crippen molar-refractivity contribution in [1.29, 1.82) is 0 Å². The number of hydrogen-bond donors (Lipinski definition) is 6. The number of aryl methyl sites for hydroxylation is 8. The normalized spacial score (nSPS) is 16.7. The molecule has 0 bridgehead atoms. The van der Waals surface area contributed by atoms with E-state index in [-0.39, 0.29) is 34.5 Å². The Morgan fingerprint density at radius 3 is 0.696 bits per heavy atom. The second-order valence-electron chi connectivity index (χ2n) is 39.9. The Hall–Kier alpha value is -17.4. The Labute approximate surface area is 870 Å². The van der Waals surface area contributed by atoms with Gasteiger partial charge in [0.1, 0.15) is 23.0 Å².